The molecule has 1 atom stereocenters. The second kappa shape index (κ2) is 10.3. The van der Waals surface area contributed by atoms with E-state index < -0.39 is 6.17 Å². The van der Waals surface area contributed by atoms with E-state index in [0.717, 1.165) is 49.5 Å². The summed E-state index contributed by atoms with van der Waals surface area (Å²) in [4.78, 5) is 24.8. The number of carbonyl (C=O) groups is 1. The topological polar surface area (TPSA) is 67.4 Å². The number of carbonyl (C=O) groups excluding carboxylic acids is 1. The van der Waals surface area contributed by atoms with Gasteiger partial charge in [-0.2, -0.15) is 0 Å². The van der Waals surface area contributed by atoms with Crippen molar-refractivity contribution in [1.82, 2.24) is 14.9 Å². The Morgan fingerprint density at radius 2 is 1.91 bits per heavy atom. The Morgan fingerprint density at radius 3 is 2.69 bits per heavy atom. The molecule has 0 radical (unpaired) electrons. The van der Waals surface area contributed by atoms with Crippen LogP contribution in [0.3, 0.4) is 0 Å². The van der Waals surface area contributed by atoms with Gasteiger partial charge in [0.1, 0.15) is 6.17 Å². The molecule has 1 N–H and O–H groups in total. The second-order valence-electron chi connectivity index (χ2n) is 8.70. The number of alkyl halides is 1. The maximum Gasteiger partial charge on any atom is 0.257 e. The Labute approximate surface area is 203 Å². The predicted molar refractivity (Wildman–Crippen MR) is 135 cm³/mol. The average Bonchev–Trinajstić information content (AvgIpc) is 2.90. The van der Waals surface area contributed by atoms with Crippen LogP contribution in [0.1, 0.15) is 34.7 Å². The standard InChI is InChI=1S/C28H27FN4O2/c1-19(29)21-5-2-6-22(16-21)26-11-8-20-4-3-7-25(27(20)32-26)28(34)31-23-9-10-24(30-17-23)18-33-12-14-35-15-13-33/h2-11,16-17,19H,12-15,18H2,1H3,(H,31,34). The molecule has 1 amide bonds. The van der Waals surface area contributed by atoms with Gasteiger partial charge in [0.15, 0.2) is 0 Å². The van der Waals surface area contributed by atoms with E-state index in [1.165, 1.54) is 6.92 Å². The lowest BCUT2D eigenvalue weighted by Crippen LogP contribution is -2.35. The molecule has 3 heterocycles. The molecule has 1 saturated heterocycles. The number of rotatable bonds is 6. The summed E-state index contributed by atoms with van der Waals surface area (Å²) in [5.41, 5.74) is 4.73. The fourth-order valence-electron chi connectivity index (χ4n) is 4.22. The Bertz CT molecular complexity index is 1330. The van der Waals surface area contributed by atoms with Crippen LogP contribution in [-0.4, -0.2) is 47.1 Å². The van der Waals surface area contributed by atoms with E-state index in [9.17, 15) is 9.18 Å². The largest absolute Gasteiger partial charge is 0.379 e. The third-order valence-corrected chi connectivity index (χ3v) is 6.18. The van der Waals surface area contributed by atoms with Gasteiger partial charge in [0.25, 0.3) is 5.91 Å². The number of halogens is 1. The Kier molecular flexibility index (Phi) is 6.79. The predicted octanol–water partition coefficient (Wildman–Crippen LogP) is 5.41. The summed E-state index contributed by atoms with van der Waals surface area (Å²) >= 11 is 0. The van der Waals surface area contributed by atoms with Crippen LogP contribution in [0.5, 0.6) is 0 Å². The molecular formula is C28H27FN4O2. The molecule has 6 nitrogen and oxygen atoms in total. The first-order chi connectivity index (χ1) is 17.1. The van der Waals surface area contributed by atoms with Crippen LogP contribution in [-0.2, 0) is 11.3 Å². The van der Waals surface area contributed by atoms with Crippen LogP contribution in [0.15, 0.2) is 72.9 Å². The molecule has 0 spiro atoms. The quantitative estimate of drug-likeness (QED) is 0.408. The molecule has 7 heteroatoms. The molecule has 1 aliphatic heterocycles. The second-order valence-corrected chi connectivity index (χ2v) is 8.70. The molecule has 0 saturated carbocycles. The van der Waals surface area contributed by atoms with Crippen molar-refractivity contribution in [3.8, 4) is 11.3 Å². The van der Waals surface area contributed by atoms with E-state index in [2.05, 4.69) is 15.2 Å². The summed E-state index contributed by atoms with van der Waals surface area (Å²) in [5, 5.41) is 3.80. The number of hydrogen-bond donors (Lipinski definition) is 1. The normalized spacial score (nSPS) is 15.1. The molecule has 2 aromatic carbocycles. The summed E-state index contributed by atoms with van der Waals surface area (Å²) < 4.78 is 19.2. The monoisotopic (exact) mass is 470 g/mol. The Hall–Kier alpha value is -3.68. The van der Waals surface area contributed by atoms with E-state index in [-0.39, 0.29) is 5.91 Å². The highest BCUT2D eigenvalue weighted by molar-refractivity contribution is 6.12. The van der Waals surface area contributed by atoms with Crippen LogP contribution >= 0.6 is 0 Å². The van der Waals surface area contributed by atoms with Crippen molar-refractivity contribution in [2.75, 3.05) is 31.6 Å². The fourth-order valence-corrected chi connectivity index (χ4v) is 4.22. The SMILES string of the molecule is CC(F)c1cccc(-c2ccc3cccc(C(=O)Nc4ccc(CN5CCOCC5)nc4)c3n2)c1. The number of nitrogens with zero attached hydrogens (tertiary/aromatic N) is 3. The summed E-state index contributed by atoms with van der Waals surface area (Å²) in [5.74, 6) is -0.255. The van der Waals surface area contributed by atoms with Crippen molar-refractivity contribution in [1.29, 1.82) is 0 Å². The van der Waals surface area contributed by atoms with Crippen molar-refractivity contribution in [2.24, 2.45) is 0 Å². The summed E-state index contributed by atoms with van der Waals surface area (Å²) in [6.45, 7) is 5.56. The summed E-state index contributed by atoms with van der Waals surface area (Å²) in [6, 6.07) is 20.4. The van der Waals surface area contributed by atoms with Gasteiger partial charge in [0, 0.05) is 30.6 Å². The summed E-state index contributed by atoms with van der Waals surface area (Å²) in [7, 11) is 0. The average molecular weight is 471 g/mol. The maximum atomic E-state index is 13.8. The molecular weight excluding hydrogens is 443 g/mol. The van der Waals surface area contributed by atoms with Gasteiger partial charge in [-0.25, -0.2) is 9.37 Å². The molecule has 0 bridgehead atoms. The number of aromatic nitrogens is 2. The van der Waals surface area contributed by atoms with Gasteiger partial charge in [-0.1, -0.05) is 36.4 Å². The fraction of sp³-hybridized carbons (Fsp3) is 0.250. The number of pyridine rings is 2. The molecule has 0 aliphatic carbocycles. The van der Waals surface area contributed by atoms with E-state index in [1.807, 2.05) is 48.5 Å². The Balaban J connectivity index is 1.36. The minimum atomic E-state index is -1.06. The zero-order valence-electron chi connectivity index (χ0n) is 19.6. The van der Waals surface area contributed by atoms with Crippen molar-refractivity contribution < 1.29 is 13.9 Å². The van der Waals surface area contributed by atoms with Gasteiger partial charge in [-0.05, 0) is 42.8 Å². The number of fused-ring (bicyclic) bond motifs is 1. The minimum Gasteiger partial charge on any atom is -0.379 e. The first-order valence-corrected chi connectivity index (χ1v) is 11.8. The van der Waals surface area contributed by atoms with E-state index in [4.69, 9.17) is 9.72 Å². The lowest BCUT2D eigenvalue weighted by atomic mass is 10.0. The van der Waals surface area contributed by atoms with Gasteiger partial charge in [0.2, 0.25) is 0 Å². The molecule has 1 fully saturated rings. The van der Waals surface area contributed by atoms with Crippen LogP contribution in [0.4, 0.5) is 10.1 Å². The van der Waals surface area contributed by atoms with Gasteiger partial charge in [0.05, 0.1) is 47.6 Å². The molecule has 178 valence electrons. The van der Waals surface area contributed by atoms with Crippen molar-refractivity contribution >= 4 is 22.5 Å². The highest BCUT2D eigenvalue weighted by Gasteiger charge is 2.15. The van der Waals surface area contributed by atoms with Gasteiger partial charge in [-0.3, -0.25) is 14.7 Å². The van der Waals surface area contributed by atoms with Gasteiger partial charge in [-0.15, -0.1) is 0 Å². The molecule has 1 aliphatic rings. The number of anilines is 1. The number of morpholine rings is 1. The van der Waals surface area contributed by atoms with E-state index in [1.54, 1.807) is 24.4 Å². The number of nitrogens with one attached hydrogen (secondary N) is 1. The summed E-state index contributed by atoms with van der Waals surface area (Å²) in [6.07, 6.45) is 0.618. The molecule has 1 unspecified atom stereocenters. The number of hydrogen-bond acceptors (Lipinski definition) is 5. The van der Waals surface area contributed by atoms with E-state index >= 15 is 0 Å². The van der Waals surface area contributed by atoms with E-state index in [0.29, 0.717) is 28.0 Å². The smallest absolute Gasteiger partial charge is 0.257 e. The van der Waals surface area contributed by atoms with Gasteiger partial charge < -0.3 is 10.1 Å². The zero-order chi connectivity index (χ0) is 24.2. The lowest BCUT2D eigenvalue weighted by molar-refractivity contribution is 0.0336. The third kappa shape index (κ3) is 5.37. The first-order valence-electron chi connectivity index (χ1n) is 11.8. The highest BCUT2D eigenvalue weighted by atomic mass is 19.1. The Morgan fingerprint density at radius 1 is 1.09 bits per heavy atom. The van der Waals surface area contributed by atoms with Crippen molar-refractivity contribution in [3.05, 3.63) is 89.7 Å². The molecule has 4 aromatic rings. The number of benzene rings is 2. The highest BCUT2D eigenvalue weighted by Crippen LogP contribution is 2.27. The zero-order valence-corrected chi connectivity index (χ0v) is 19.6. The lowest BCUT2D eigenvalue weighted by Gasteiger charge is -2.26. The number of amides is 1. The molecule has 5 rings (SSSR count). The number of ether oxygens (including phenoxy) is 1. The van der Waals surface area contributed by atoms with Crippen LogP contribution < -0.4 is 5.32 Å². The molecule has 2 aromatic heterocycles. The van der Waals surface area contributed by atoms with Crippen molar-refractivity contribution in [3.63, 3.8) is 0 Å². The van der Waals surface area contributed by atoms with Gasteiger partial charge >= 0.3 is 0 Å². The number of para-hydroxylation sites is 1. The minimum absolute atomic E-state index is 0.255. The van der Waals surface area contributed by atoms with Crippen LogP contribution in [0, 0.1) is 0 Å². The van der Waals surface area contributed by atoms with Crippen LogP contribution in [0.2, 0.25) is 0 Å². The first kappa shape index (κ1) is 23.1. The van der Waals surface area contributed by atoms with Crippen LogP contribution in [0.25, 0.3) is 22.2 Å². The molecule has 35 heavy (non-hydrogen) atoms. The van der Waals surface area contributed by atoms with Crippen molar-refractivity contribution in [2.45, 2.75) is 19.6 Å². The third-order valence-electron chi connectivity index (χ3n) is 6.18. The maximum absolute atomic E-state index is 13.8.